The summed E-state index contributed by atoms with van der Waals surface area (Å²) in [5.74, 6) is -0.940. The SMILES string of the molecule is CC(C)(C)OC=O.CNc1ccc(C=CCS(=O)(=O)c2ccc(C(F)(F)F)c(C=CCS(=O)(=O)NC3CCNCC3)c2)cc1. The lowest BCUT2D eigenvalue weighted by Gasteiger charge is -2.23. The first-order valence-corrected chi connectivity index (χ1v) is 17.1. The average Bonchev–Trinajstić information content (AvgIpc) is 2.92. The Balaban J connectivity index is 0.000000860. The van der Waals surface area contributed by atoms with Crippen molar-refractivity contribution in [3.8, 4) is 0 Å². The molecule has 0 amide bonds. The second-order valence-corrected chi connectivity index (χ2v) is 14.8. The molecule has 0 atom stereocenters. The molecule has 9 nitrogen and oxygen atoms in total. The highest BCUT2D eigenvalue weighted by Gasteiger charge is 2.33. The third kappa shape index (κ3) is 13.2. The number of ether oxygens (including phenoxy) is 1. The predicted octanol–water partition coefficient (Wildman–Crippen LogP) is 4.88. The van der Waals surface area contributed by atoms with Crippen molar-refractivity contribution in [2.24, 2.45) is 0 Å². The van der Waals surface area contributed by atoms with Crippen LogP contribution in [-0.2, 0) is 35.6 Å². The zero-order valence-corrected chi connectivity index (χ0v) is 26.8. The Bertz CT molecular complexity index is 1490. The van der Waals surface area contributed by atoms with Gasteiger partial charge in [-0.2, -0.15) is 13.2 Å². The maximum atomic E-state index is 13.6. The predicted molar refractivity (Wildman–Crippen MR) is 167 cm³/mol. The first-order chi connectivity index (χ1) is 20.5. The van der Waals surface area contributed by atoms with Gasteiger partial charge < -0.3 is 15.4 Å². The van der Waals surface area contributed by atoms with Gasteiger partial charge >= 0.3 is 6.18 Å². The largest absolute Gasteiger partial charge is 0.462 e. The van der Waals surface area contributed by atoms with Gasteiger partial charge in [0.05, 0.1) is 22.0 Å². The maximum Gasteiger partial charge on any atom is 0.416 e. The molecule has 14 heteroatoms. The monoisotopic (exact) mass is 659 g/mol. The van der Waals surface area contributed by atoms with E-state index in [1.165, 1.54) is 6.08 Å². The van der Waals surface area contributed by atoms with Gasteiger partial charge in [-0.25, -0.2) is 21.6 Å². The number of piperidine rings is 1. The van der Waals surface area contributed by atoms with Gasteiger partial charge in [-0.05, 0) is 88.2 Å². The lowest BCUT2D eigenvalue weighted by Crippen LogP contribution is -2.43. The number of halogens is 3. The minimum Gasteiger partial charge on any atom is -0.462 e. The smallest absolute Gasteiger partial charge is 0.416 e. The van der Waals surface area contributed by atoms with Crippen LogP contribution in [-0.4, -0.2) is 66.6 Å². The van der Waals surface area contributed by atoms with Crippen LogP contribution >= 0.6 is 0 Å². The Morgan fingerprint density at radius 1 is 0.932 bits per heavy atom. The molecule has 1 saturated heterocycles. The summed E-state index contributed by atoms with van der Waals surface area (Å²) in [6.07, 6.45) is 1.64. The van der Waals surface area contributed by atoms with Gasteiger partial charge in [0.2, 0.25) is 10.0 Å². The van der Waals surface area contributed by atoms with Gasteiger partial charge in [0.1, 0.15) is 5.60 Å². The molecule has 0 spiro atoms. The standard InChI is InChI=1S/C25H30F3N3O4S2.C5H10O2/c1-29-21-8-6-19(7-9-21)4-2-16-36(32,33)23-10-11-24(25(26,27)28)20(18-23)5-3-17-37(34,35)31-22-12-14-30-15-13-22;1-5(2,3)7-4-6/h2-11,18,22,29-31H,12-17H2,1H3;4H,1-3H3. The van der Waals surface area contributed by atoms with Crippen LogP contribution < -0.4 is 15.4 Å². The van der Waals surface area contributed by atoms with Crippen LogP contribution in [0.1, 0.15) is 50.3 Å². The molecule has 3 N–H and O–H groups in total. The van der Waals surface area contributed by atoms with E-state index in [0.29, 0.717) is 38.5 Å². The number of hydrogen-bond donors (Lipinski definition) is 3. The van der Waals surface area contributed by atoms with Gasteiger partial charge in [-0.15, -0.1) is 0 Å². The van der Waals surface area contributed by atoms with Crippen molar-refractivity contribution in [2.75, 3.05) is 37.0 Å². The molecule has 1 fully saturated rings. The molecule has 1 heterocycles. The van der Waals surface area contributed by atoms with E-state index in [9.17, 15) is 34.8 Å². The maximum absolute atomic E-state index is 13.6. The number of nitrogens with one attached hydrogen (secondary N) is 3. The molecule has 244 valence electrons. The lowest BCUT2D eigenvalue weighted by atomic mass is 10.1. The van der Waals surface area contributed by atoms with E-state index < -0.39 is 48.7 Å². The van der Waals surface area contributed by atoms with Crippen LogP contribution in [0.3, 0.4) is 0 Å². The fraction of sp³-hybridized carbons (Fsp3) is 0.433. The van der Waals surface area contributed by atoms with Gasteiger partial charge in [0.15, 0.2) is 9.84 Å². The molecule has 3 rings (SSSR count). The van der Waals surface area contributed by atoms with Crippen LogP contribution in [0.2, 0.25) is 0 Å². The fourth-order valence-electron chi connectivity index (χ4n) is 3.99. The van der Waals surface area contributed by atoms with Crippen molar-refractivity contribution < 1.29 is 39.5 Å². The van der Waals surface area contributed by atoms with Gasteiger partial charge in [-0.3, -0.25) is 4.79 Å². The van der Waals surface area contributed by atoms with Crippen molar-refractivity contribution in [1.29, 1.82) is 0 Å². The topological polar surface area (TPSA) is 131 Å². The molecule has 2 aromatic carbocycles. The molecular formula is C30H40F3N3O6S2. The third-order valence-electron chi connectivity index (χ3n) is 6.21. The van der Waals surface area contributed by atoms with Crippen molar-refractivity contribution in [1.82, 2.24) is 10.0 Å². The minimum absolute atomic E-state index is 0.229. The third-order valence-corrected chi connectivity index (χ3v) is 9.14. The number of anilines is 1. The number of hydrogen-bond acceptors (Lipinski definition) is 8. The second kappa shape index (κ2) is 16.2. The van der Waals surface area contributed by atoms with E-state index in [4.69, 9.17) is 0 Å². The molecule has 2 aromatic rings. The van der Waals surface area contributed by atoms with E-state index in [-0.39, 0.29) is 16.5 Å². The molecule has 1 aliphatic heterocycles. The lowest BCUT2D eigenvalue weighted by molar-refractivity contribution is -0.139. The number of sulfone groups is 1. The van der Waals surface area contributed by atoms with Gasteiger partial charge in [0, 0.05) is 18.8 Å². The number of carbonyl (C=O) groups excluding carboxylic acids is 1. The van der Waals surface area contributed by atoms with Gasteiger partial charge in [-0.1, -0.05) is 36.4 Å². The molecule has 0 radical (unpaired) electrons. The molecule has 0 bridgehead atoms. The molecule has 0 aromatic heterocycles. The number of rotatable bonds is 11. The Hall–Kier alpha value is -3.20. The summed E-state index contributed by atoms with van der Waals surface area (Å²) in [7, 11) is -5.92. The summed E-state index contributed by atoms with van der Waals surface area (Å²) in [5.41, 5.74) is -0.125. The van der Waals surface area contributed by atoms with Crippen LogP contribution in [0.15, 0.2) is 59.5 Å². The van der Waals surface area contributed by atoms with E-state index >= 15 is 0 Å². The molecule has 44 heavy (non-hydrogen) atoms. The quantitative estimate of drug-likeness (QED) is 0.291. The molecule has 1 aliphatic rings. The summed E-state index contributed by atoms with van der Waals surface area (Å²) in [6.45, 7) is 7.28. The number of benzene rings is 2. The van der Waals surface area contributed by atoms with Crippen molar-refractivity contribution in [3.05, 3.63) is 71.3 Å². The fourth-order valence-corrected chi connectivity index (χ4v) is 6.30. The van der Waals surface area contributed by atoms with Crippen LogP contribution in [0.4, 0.5) is 18.9 Å². The summed E-state index contributed by atoms with van der Waals surface area (Å²) in [6, 6.07) is 9.56. The van der Waals surface area contributed by atoms with Crippen LogP contribution in [0.25, 0.3) is 12.2 Å². The molecule has 0 saturated carbocycles. The van der Waals surface area contributed by atoms with E-state index in [1.54, 1.807) is 25.3 Å². The average molecular weight is 660 g/mol. The summed E-state index contributed by atoms with van der Waals surface area (Å²) in [5, 5.41) is 6.09. The normalized spacial score (nSPS) is 15.2. The Kier molecular flexibility index (Phi) is 13.6. The van der Waals surface area contributed by atoms with Crippen molar-refractivity contribution in [3.63, 3.8) is 0 Å². The first-order valence-electron chi connectivity index (χ1n) is 13.8. The Morgan fingerprint density at radius 3 is 2.07 bits per heavy atom. The zero-order chi connectivity index (χ0) is 33.0. The Labute approximate surface area is 257 Å². The van der Waals surface area contributed by atoms with E-state index in [0.717, 1.165) is 35.5 Å². The highest BCUT2D eigenvalue weighted by atomic mass is 32.2. The van der Waals surface area contributed by atoms with E-state index in [1.807, 2.05) is 32.9 Å². The van der Waals surface area contributed by atoms with Crippen LogP contribution in [0.5, 0.6) is 0 Å². The number of sulfonamides is 1. The molecular weight excluding hydrogens is 619 g/mol. The first kappa shape index (κ1) is 37.0. The molecule has 0 aliphatic carbocycles. The van der Waals surface area contributed by atoms with Crippen LogP contribution in [0, 0.1) is 0 Å². The zero-order valence-electron chi connectivity index (χ0n) is 25.1. The summed E-state index contributed by atoms with van der Waals surface area (Å²) >= 11 is 0. The second-order valence-electron chi connectivity index (χ2n) is 11.0. The summed E-state index contributed by atoms with van der Waals surface area (Å²) < 4.78 is 98.1. The van der Waals surface area contributed by atoms with Crippen molar-refractivity contribution >= 4 is 44.2 Å². The van der Waals surface area contributed by atoms with Gasteiger partial charge in [0.25, 0.3) is 6.47 Å². The minimum atomic E-state index is -4.74. The number of alkyl halides is 3. The summed E-state index contributed by atoms with van der Waals surface area (Å²) in [4.78, 5) is 9.31. The van der Waals surface area contributed by atoms with E-state index in [2.05, 4.69) is 20.1 Å². The van der Waals surface area contributed by atoms with Crippen molar-refractivity contribution in [2.45, 2.75) is 56.3 Å². The Morgan fingerprint density at radius 2 is 1.55 bits per heavy atom. The number of carbonyl (C=O) groups is 1. The molecule has 0 unspecified atom stereocenters. The highest BCUT2D eigenvalue weighted by molar-refractivity contribution is 7.91. The highest BCUT2D eigenvalue weighted by Crippen LogP contribution is 2.34.